The summed E-state index contributed by atoms with van der Waals surface area (Å²) >= 11 is 5.29. The number of alkyl halides is 6. The third kappa shape index (κ3) is 7.45. The average molecular weight is 568 g/mol. The first kappa shape index (κ1) is 27.9. The number of hydrogen-bond acceptors (Lipinski definition) is 5. The lowest BCUT2D eigenvalue weighted by Crippen LogP contribution is -2.34. The number of halogens is 6. The van der Waals surface area contributed by atoms with Crippen molar-refractivity contribution < 1.29 is 36.2 Å². The molecule has 0 saturated heterocycles. The van der Waals surface area contributed by atoms with Crippen LogP contribution in [-0.2, 0) is 6.18 Å². The van der Waals surface area contributed by atoms with Crippen molar-refractivity contribution in [2.24, 2.45) is 0 Å². The zero-order valence-electron chi connectivity index (χ0n) is 19.7. The number of ether oxygens (including phenoxy) is 1. The number of aromatic nitrogens is 3. The van der Waals surface area contributed by atoms with Gasteiger partial charge in [-0.2, -0.15) is 13.2 Å². The topological polar surface area (TPSA) is 84.2 Å². The van der Waals surface area contributed by atoms with Crippen LogP contribution in [0.15, 0.2) is 79.1 Å². The zero-order chi connectivity index (χ0) is 28.2. The van der Waals surface area contributed by atoms with Crippen molar-refractivity contribution >= 4 is 23.0 Å². The van der Waals surface area contributed by atoms with Gasteiger partial charge in [0.2, 0.25) is 0 Å². The summed E-state index contributed by atoms with van der Waals surface area (Å²) in [7, 11) is 0. The smallest absolute Gasteiger partial charge is 0.406 e. The molecular formula is C25H19F6N5O2S. The van der Waals surface area contributed by atoms with E-state index in [-0.39, 0.29) is 17.5 Å². The van der Waals surface area contributed by atoms with Crippen molar-refractivity contribution in [2.45, 2.75) is 18.6 Å². The van der Waals surface area contributed by atoms with Crippen molar-refractivity contribution in [1.82, 2.24) is 20.1 Å². The second kappa shape index (κ2) is 11.3. The van der Waals surface area contributed by atoms with E-state index < -0.39 is 24.1 Å². The molecule has 3 N–H and O–H groups in total. The highest BCUT2D eigenvalue weighted by atomic mass is 32.1. The molecule has 4 rings (SSSR count). The Kier molecular flexibility index (Phi) is 8.06. The van der Waals surface area contributed by atoms with Crippen molar-refractivity contribution in [3.63, 3.8) is 0 Å². The normalized spacial score (nSPS) is 12.6. The molecule has 7 nitrogen and oxygen atoms in total. The lowest BCUT2D eigenvalue weighted by molar-refractivity contribution is -0.274. The van der Waals surface area contributed by atoms with Crippen molar-refractivity contribution in [3.8, 4) is 22.8 Å². The van der Waals surface area contributed by atoms with Gasteiger partial charge in [0.25, 0.3) is 0 Å². The second-order valence-electron chi connectivity index (χ2n) is 8.09. The Morgan fingerprint density at radius 3 is 2.13 bits per heavy atom. The summed E-state index contributed by atoms with van der Waals surface area (Å²) in [6.45, 7) is -0.381. The van der Waals surface area contributed by atoms with Gasteiger partial charge in [-0.05, 0) is 78.4 Å². The number of nitrogens with zero attached hydrogens (tertiary/aromatic N) is 3. The maximum Gasteiger partial charge on any atom is 0.573 e. The van der Waals surface area contributed by atoms with E-state index in [1.165, 1.54) is 35.3 Å². The monoisotopic (exact) mass is 567 g/mol. The largest absolute Gasteiger partial charge is 0.573 e. The molecule has 14 heteroatoms. The van der Waals surface area contributed by atoms with Gasteiger partial charge in [-0.1, -0.05) is 12.1 Å². The first-order valence-corrected chi connectivity index (χ1v) is 11.6. The number of aliphatic hydroxyl groups excluding tert-OH is 1. The maximum absolute atomic E-state index is 12.8. The Morgan fingerprint density at radius 1 is 0.923 bits per heavy atom. The zero-order valence-corrected chi connectivity index (χ0v) is 20.5. The lowest BCUT2D eigenvalue weighted by Gasteiger charge is -2.20. The van der Waals surface area contributed by atoms with E-state index in [1.807, 2.05) is 0 Å². The summed E-state index contributed by atoms with van der Waals surface area (Å²) in [5.74, 6) is -0.0390. The van der Waals surface area contributed by atoms with E-state index in [0.717, 1.165) is 24.3 Å². The van der Waals surface area contributed by atoms with Crippen LogP contribution in [-0.4, -0.2) is 38.0 Å². The summed E-state index contributed by atoms with van der Waals surface area (Å²) in [6.07, 6.45) is -7.85. The Balaban J connectivity index is 1.36. The third-order valence-corrected chi connectivity index (χ3v) is 5.58. The first-order valence-electron chi connectivity index (χ1n) is 11.1. The second-order valence-corrected chi connectivity index (χ2v) is 8.49. The molecular weight excluding hydrogens is 548 g/mol. The molecule has 204 valence electrons. The van der Waals surface area contributed by atoms with Crippen molar-refractivity contribution in [2.75, 3.05) is 11.9 Å². The van der Waals surface area contributed by atoms with E-state index in [2.05, 4.69) is 25.5 Å². The van der Waals surface area contributed by atoms with Gasteiger partial charge in [0.1, 0.15) is 12.1 Å². The number of aliphatic hydroxyl groups is 1. The van der Waals surface area contributed by atoms with Gasteiger partial charge in [-0.15, -0.1) is 18.3 Å². The highest BCUT2D eigenvalue weighted by Crippen LogP contribution is 2.30. The van der Waals surface area contributed by atoms with Gasteiger partial charge in [0, 0.05) is 11.3 Å². The third-order valence-electron chi connectivity index (χ3n) is 5.36. The van der Waals surface area contributed by atoms with E-state index >= 15 is 0 Å². The molecule has 0 saturated carbocycles. The van der Waals surface area contributed by atoms with Crippen LogP contribution in [0.1, 0.15) is 17.2 Å². The minimum Gasteiger partial charge on any atom is -0.406 e. The number of nitrogens with one attached hydrogen (secondary N) is 2. The van der Waals surface area contributed by atoms with Crippen LogP contribution in [0.25, 0.3) is 17.1 Å². The summed E-state index contributed by atoms with van der Waals surface area (Å²) in [5, 5.41) is 20.0. The standard InChI is InChI=1S/C25H19F6N5O2S/c26-24(27,28)17-5-9-19(10-6-17)36-14-32-22(35-36)16-1-7-18(8-2-16)33-23(39)34-21(13-37)15-3-11-20(12-4-15)38-25(29,30)31/h1-12,14,21,37H,13H2,(H2,33,34,39). The fourth-order valence-corrected chi connectivity index (χ4v) is 3.75. The van der Waals surface area contributed by atoms with Crippen molar-refractivity contribution in [1.29, 1.82) is 0 Å². The van der Waals surface area contributed by atoms with Gasteiger partial charge >= 0.3 is 12.5 Å². The molecule has 4 aromatic rings. The average Bonchev–Trinajstić information content (AvgIpc) is 3.37. The van der Waals surface area contributed by atoms with Crippen LogP contribution < -0.4 is 15.4 Å². The van der Waals surface area contributed by atoms with E-state index in [4.69, 9.17) is 12.2 Å². The number of benzene rings is 3. The molecule has 1 unspecified atom stereocenters. The number of hydrogen-bond donors (Lipinski definition) is 3. The molecule has 3 aromatic carbocycles. The Bertz CT molecular complexity index is 1410. The van der Waals surface area contributed by atoms with Crippen LogP contribution >= 0.6 is 12.2 Å². The molecule has 0 amide bonds. The summed E-state index contributed by atoms with van der Waals surface area (Å²) in [6, 6.07) is 15.7. The van der Waals surface area contributed by atoms with Gasteiger partial charge < -0.3 is 20.5 Å². The molecule has 39 heavy (non-hydrogen) atoms. The minimum atomic E-state index is -4.81. The molecule has 0 aliphatic carbocycles. The Morgan fingerprint density at radius 2 is 1.56 bits per heavy atom. The number of thiocarbonyl (C=S) groups is 1. The van der Waals surface area contributed by atoms with Crippen LogP contribution in [0, 0.1) is 0 Å². The SMILES string of the molecule is OCC(NC(=S)Nc1ccc(-c2ncn(-c3ccc(C(F)(F)F)cc3)n2)cc1)c1ccc(OC(F)(F)F)cc1. The Hall–Kier alpha value is -4.17. The number of anilines is 1. The van der Waals surface area contributed by atoms with E-state index in [0.29, 0.717) is 28.3 Å². The summed E-state index contributed by atoms with van der Waals surface area (Å²) < 4.78 is 80.6. The van der Waals surface area contributed by atoms with Crippen LogP contribution in [0.4, 0.5) is 32.0 Å². The van der Waals surface area contributed by atoms with Gasteiger partial charge in [0.05, 0.1) is 23.9 Å². The Labute approximate surface area is 223 Å². The predicted molar refractivity (Wildman–Crippen MR) is 134 cm³/mol. The lowest BCUT2D eigenvalue weighted by atomic mass is 10.1. The molecule has 0 aliphatic rings. The van der Waals surface area contributed by atoms with Gasteiger partial charge in [0.15, 0.2) is 10.9 Å². The predicted octanol–water partition coefficient (Wildman–Crippen LogP) is 5.87. The molecule has 0 bridgehead atoms. The minimum absolute atomic E-state index is 0.155. The molecule has 1 atom stereocenters. The molecule has 0 fully saturated rings. The molecule has 0 radical (unpaired) electrons. The van der Waals surface area contributed by atoms with Crippen LogP contribution in [0.5, 0.6) is 5.75 Å². The molecule has 0 spiro atoms. The quantitative estimate of drug-likeness (QED) is 0.190. The van der Waals surface area contributed by atoms with Crippen LogP contribution in [0.3, 0.4) is 0 Å². The first-order chi connectivity index (χ1) is 18.4. The highest BCUT2D eigenvalue weighted by Gasteiger charge is 2.31. The molecule has 0 aliphatic heterocycles. The van der Waals surface area contributed by atoms with Crippen LogP contribution in [0.2, 0.25) is 0 Å². The maximum atomic E-state index is 12.8. The van der Waals surface area contributed by atoms with Crippen molar-refractivity contribution in [3.05, 3.63) is 90.3 Å². The fourth-order valence-electron chi connectivity index (χ4n) is 3.49. The number of rotatable bonds is 7. The molecule has 1 heterocycles. The highest BCUT2D eigenvalue weighted by molar-refractivity contribution is 7.80. The van der Waals surface area contributed by atoms with E-state index in [1.54, 1.807) is 24.3 Å². The summed E-state index contributed by atoms with van der Waals surface area (Å²) in [4.78, 5) is 4.21. The van der Waals surface area contributed by atoms with Gasteiger partial charge in [-0.25, -0.2) is 9.67 Å². The van der Waals surface area contributed by atoms with E-state index in [9.17, 15) is 31.4 Å². The fraction of sp³-hybridized carbons (Fsp3) is 0.160. The summed E-state index contributed by atoms with van der Waals surface area (Å²) in [5.41, 5.74) is 1.36. The van der Waals surface area contributed by atoms with Gasteiger partial charge in [-0.3, -0.25) is 0 Å². The molecule has 1 aromatic heterocycles.